The molecule has 2 aliphatic rings. The summed E-state index contributed by atoms with van der Waals surface area (Å²) in [4.78, 5) is 26.7. The second kappa shape index (κ2) is 6.75. The van der Waals surface area contributed by atoms with Gasteiger partial charge in [-0.1, -0.05) is 0 Å². The maximum Gasteiger partial charge on any atom is 0.245 e. The first-order valence-electron chi connectivity index (χ1n) is 7.92. The highest BCUT2D eigenvalue weighted by Crippen LogP contribution is 2.19. The molecule has 2 saturated heterocycles. The molecule has 0 radical (unpaired) electrons. The molecule has 2 unspecified atom stereocenters. The quantitative estimate of drug-likeness (QED) is 0.790. The van der Waals surface area contributed by atoms with Crippen LogP contribution in [0.4, 0.5) is 0 Å². The molecule has 2 fully saturated rings. The number of hydrogen-bond acceptors (Lipinski definition) is 4. The van der Waals surface area contributed by atoms with Crippen LogP contribution in [0, 0.1) is 0 Å². The summed E-state index contributed by atoms with van der Waals surface area (Å²) in [5.74, 6) is -0.248. The molecule has 3 N–H and O–H groups in total. The fourth-order valence-corrected chi connectivity index (χ4v) is 3.04. The van der Waals surface area contributed by atoms with Gasteiger partial charge in [0.2, 0.25) is 11.8 Å². The minimum absolute atomic E-state index is 0.00814. The smallest absolute Gasteiger partial charge is 0.245 e. The molecule has 0 saturated carbocycles. The van der Waals surface area contributed by atoms with Crippen molar-refractivity contribution in [1.82, 2.24) is 10.2 Å². The van der Waals surface area contributed by atoms with Crippen LogP contribution in [0.5, 0.6) is 0 Å². The molecule has 2 heterocycles. The van der Waals surface area contributed by atoms with Crippen molar-refractivity contribution in [2.75, 3.05) is 19.8 Å². The summed E-state index contributed by atoms with van der Waals surface area (Å²) in [6, 6.07) is -0.276. The summed E-state index contributed by atoms with van der Waals surface area (Å²) in [5, 5.41) is 2.80. The summed E-state index contributed by atoms with van der Waals surface area (Å²) in [6.45, 7) is 5.57. The highest BCUT2D eigenvalue weighted by molar-refractivity contribution is 5.92. The molecule has 0 aromatic heterocycles. The van der Waals surface area contributed by atoms with Crippen LogP contribution >= 0.6 is 0 Å². The number of nitrogens with one attached hydrogen (secondary N) is 1. The molecule has 2 amide bonds. The van der Waals surface area contributed by atoms with Crippen LogP contribution < -0.4 is 11.1 Å². The molecular formula is C15H27N3O3. The van der Waals surface area contributed by atoms with Crippen LogP contribution in [0.25, 0.3) is 0 Å². The fourth-order valence-electron chi connectivity index (χ4n) is 3.04. The molecule has 120 valence electrons. The molecule has 0 aromatic rings. The standard InChI is InChI=1S/C15H27N3O3/c1-11-5-3-4-8-18(11)13(19)12(2)17-14(20)15(16)6-9-21-10-7-15/h11-12H,3-10,16H2,1-2H3,(H,17,20). The Hall–Kier alpha value is -1.14. The average molecular weight is 297 g/mol. The van der Waals surface area contributed by atoms with Gasteiger partial charge < -0.3 is 20.7 Å². The SMILES string of the molecule is CC(NC(=O)C1(N)CCOCC1)C(=O)N1CCCCC1C. The van der Waals surface area contributed by atoms with E-state index in [2.05, 4.69) is 12.2 Å². The zero-order valence-corrected chi connectivity index (χ0v) is 13.1. The third-order valence-corrected chi connectivity index (χ3v) is 4.64. The molecule has 0 aromatic carbocycles. The predicted molar refractivity (Wildman–Crippen MR) is 79.6 cm³/mol. The Bertz CT molecular complexity index is 394. The lowest BCUT2D eigenvalue weighted by Crippen LogP contribution is -2.61. The van der Waals surface area contributed by atoms with Gasteiger partial charge in [0.15, 0.2) is 0 Å². The van der Waals surface area contributed by atoms with Gasteiger partial charge in [0.25, 0.3) is 0 Å². The Kier molecular flexibility index (Phi) is 5.22. The van der Waals surface area contributed by atoms with Crippen molar-refractivity contribution < 1.29 is 14.3 Å². The van der Waals surface area contributed by atoms with Gasteiger partial charge in [-0.15, -0.1) is 0 Å². The zero-order chi connectivity index (χ0) is 15.5. The number of carbonyl (C=O) groups excluding carboxylic acids is 2. The summed E-state index contributed by atoms with van der Waals surface area (Å²) in [7, 11) is 0. The number of hydrogen-bond donors (Lipinski definition) is 2. The summed E-state index contributed by atoms with van der Waals surface area (Å²) >= 11 is 0. The minimum atomic E-state index is -0.902. The van der Waals surface area contributed by atoms with E-state index in [9.17, 15) is 9.59 Å². The van der Waals surface area contributed by atoms with Gasteiger partial charge in [-0.25, -0.2) is 0 Å². The summed E-state index contributed by atoms with van der Waals surface area (Å²) < 4.78 is 5.24. The molecule has 21 heavy (non-hydrogen) atoms. The van der Waals surface area contributed by atoms with E-state index in [1.54, 1.807) is 6.92 Å². The Morgan fingerprint density at radius 3 is 2.62 bits per heavy atom. The highest BCUT2D eigenvalue weighted by Gasteiger charge is 2.38. The first-order valence-corrected chi connectivity index (χ1v) is 7.92. The lowest BCUT2D eigenvalue weighted by molar-refractivity contribution is -0.140. The van der Waals surface area contributed by atoms with E-state index in [4.69, 9.17) is 10.5 Å². The highest BCUT2D eigenvalue weighted by atomic mass is 16.5. The second-order valence-corrected chi connectivity index (χ2v) is 6.34. The van der Waals surface area contributed by atoms with Gasteiger partial charge in [-0.3, -0.25) is 9.59 Å². The number of likely N-dealkylation sites (tertiary alicyclic amines) is 1. The maximum absolute atomic E-state index is 12.5. The van der Waals surface area contributed by atoms with E-state index in [1.165, 1.54) is 0 Å². The first kappa shape index (κ1) is 16.2. The van der Waals surface area contributed by atoms with Gasteiger partial charge in [0.05, 0.1) is 5.54 Å². The number of ether oxygens (including phenoxy) is 1. The Labute approximate surface area is 126 Å². The molecule has 2 rings (SSSR count). The Balaban J connectivity index is 1.92. The second-order valence-electron chi connectivity index (χ2n) is 6.34. The van der Waals surface area contributed by atoms with E-state index in [0.29, 0.717) is 26.1 Å². The zero-order valence-electron chi connectivity index (χ0n) is 13.1. The van der Waals surface area contributed by atoms with E-state index >= 15 is 0 Å². The van der Waals surface area contributed by atoms with Crippen molar-refractivity contribution in [2.24, 2.45) is 5.73 Å². The monoisotopic (exact) mass is 297 g/mol. The molecule has 0 bridgehead atoms. The van der Waals surface area contributed by atoms with Gasteiger partial charge in [0, 0.05) is 25.8 Å². The minimum Gasteiger partial charge on any atom is -0.381 e. The number of amides is 2. The van der Waals surface area contributed by atoms with Gasteiger partial charge in [-0.05, 0) is 46.0 Å². The largest absolute Gasteiger partial charge is 0.381 e. The third kappa shape index (κ3) is 3.74. The van der Waals surface area contributed by atoms with Crippen molar-refractivity contribution in [1.29, 1.82) is 0 Å². The number of carbonyl (C=O) groups is 2. The molecule has 2 aliphatic heterocycles. The van der Waals surface area contributed by atoms with Crippen LogP contribution in [0.1, 0.15) is 46.0 Å². The van der Waals surface area contributed by atoms with Crippen LogP contribution in [0.15, 0.2) is 0 Å². The lowest BCUT2D eigenvalue weighted by Gasteiger charge is -2.37. The molecule has 6 nitrogen and oxygen atoms in total. The molecular weight excluding hydrogens is 270 g/mol. The fraction of sp³-hybridized carbons (Fsp3) is 0.867. The Morgan fingerprint density at radius 2 is 2.00 bits per heavy atom. The van der Waals surface area contributed by atoms with Crippen LogP contribution in [-0.4, -0.2) is 54.1 Å². The molecule has 2 atom stereocenters. The molecule has 0 aliphatic carbocycles. The normalized spacial score (nSPS) is 27.0. The topological polar surface area (TPSA) is 84.7 Å². The first-order chi connectivity index (χ1) is 9.94. The van der Waals surface area contributed by atoms with Crippen molar-refractivity contribution in [3.8, 4) is 0 Å². The van der Waals surface area contributed by atoms with E-state index in [1.807, 2.05) is 4.90 Å². The summed E-state index contributed by atoms with van der Waals surface area (Å²) in [6.07, 6.45) is 4.23. The van der Waals surface area contributed by atoms with E-state index in [-0.39, 0.29) is 17.9 Å². The van der Waals surface area contributed by atoms with Crippen molar-refractivity contribution in [3.05, 3.63) is 0 Å². The average Bonchev–Trinajstić information content (AvgIpc) is 2.47. The van der Waals surface area contributed by atoms with Gasteiger partial charge >= 0.3 is 0 Å². The summed E-state index contributed by atoms with van der Waals surface area (Å²) in [5.41, 5.74) is 5.24. The maximum atomic E-state index is 12.5. The van der Waals surface area contributed by atoms with Crippen LogP contribution in [-0.2, 0) is 14.3 Å². The number of rotatable bonds is 3. The Morgan fingerprint density at radius 1 is 1.33 bits per heavy atom. The van der Waals surface area contributed by atoms with Gasteiger partial charge in [0.1, 0.15) is 6.04 Å². The lowest BCUT2D eigenvalue weighted by atomic mass is 9.90. The molecule has 0 spiro atoms. The van der Waals surface area contributed by atoms with E-state index < -0.39 is 11.6 Å². The number of nitrogens with zero attached hydrogens (tertiary/aromatic N) is 1. The van der Waals surface area contributed by atoms with Crippen LogP contribution in [0.3, 0.4) is 0 Å². The van der Waals surface area contributed by atoms with Crippen molar-refractivity contribution in [2.45, 2.75) is 63.6 Å². The van der Waals surface area contributed by atoms with Gasteiger partial charge in [-0.2, -0.15) is 0 Å². The molecule has 6 heteroatoms. The van der Waals surface area contributed by atoms with Crippen LogP contribution in [0.2, 0.25) is 0 Å². The van der Waals surface area contributed by atoms with Crippen molar-refractivity contribution in [3.63, 3.8) is 0 Å². The predicted octanol–water partition coefficient (Wildman–Crippen LogP) is 0.400. The number of piperidine rings is 1. The third-order valence-electron chi connectivity index (χ3n) is 4.64. The number of nitrogens with two attached hydrogens (primary N) is 1. The van der Waals surface area contributed by atoms with Crippen molar-refractivity contribution >= 4 is 11.8 Å². The van der Waals surface area contributed by atoms with E-state index in [0.717, 1.165) is 25.8 Å².